The number of fused-ring (bicyclic) bond motifs is 1. The van der Waals surface area contributed by atoms with E-state index in [9.17, 15) is 13.2 Å². The molecule has 0 atom stereocenters. The minimum Gasteiger partial charge on any atom is -0.406 e. The lowest BCUT2D eigenvalue weighted by atomic mass is 10.2. The van der Waals surface area contributed by atoms with Crippen LogP contribution >= 0.6 is 11.6 Å². The molecule has 0 aliphatic rings. The summed E-state index contributed by atoms with van der Waals surface area (Å²) in [5.41, 5.74) is 2.35. The van der Waals surface area contributed by atoms with Gasteiger partial charge in [0.2, 0.25) is 0 Å². The zero-order chi connectivity index (χ0) is 22.7. The summed E-state index contributed by atoms with van der Waals surface area (Å²) in [6.45, 7) is 2.39. The van der Waals surface area contributed by atoms with Crippen LogP contribution < -0.4 is 10.1 Å². The number of aromatic nitrogens is 5. The summed E-state index contributed by atoms with van der Waals surface area (Å²) < 4.78 is 42.7. The van der Waals surface area contributed by atoms with Crippen LogP contribution in [0.2, 0.25) is 5.02 Å². The third-order valence-corrected chi connectivity index (χ3v) is 4.88. The highest BCUT2D eigenvalue weighted by molar-refractivity contribution is 6.31. The Kier molecular flexibility index (Phi) is 6.13. The van der Waals surface area contributed by atoms with E-state index in [-0.39, 0.29) is 5.75 Å². The van der Waals surface area contributed by atoms with Gasteiger partial charge in [0.1, 0.15) is 11.6 Å². The molecule has 166 valence electrons. The average Bonchev–Trinajstić information content (AvgIpc) is 3.13. The number of nitrogens with one attached hydrogen (secondary N) is 1. The van der Waals surface area contributed by atoms with Crippen LogP contribution in [0.4, 0.5) is 24.7 Å². The van der Waals surface area contributed by atoms with E-state index in [1.54, 1.807) is 10.7 Å². The smallest absolute Gasteiger partial charge is 0.406 e. The minimum atomic E-state index is -4.75. The average molecular weight is 463 g/mol. The molecule has 4 rings (SSSR count). The summed E-state index contributed by atoms with van der Waals surface area (Å²) in [6.07, 6.45) is -3.27. The highest BCUT2D eigenvalue weighted by atomic mass is 35.5. The Balaban J connectivity index is 1.66. The third kappa shape index (κ3) is 5.08. The second-order valence-electron chi connectivity index (χ2n) is 6.95. The second kappa shape index (κ2) is 8.99. The number of alkyl halides is 3. The van der Waals surface area contributed by atoms with Gasteiger partial charge in [-0.1, -0.05) is 41.9 Å². The molecule has 2 aromatic heterocycles. The topological polar surface area (TPSA) is 77.8 Å². The van der Waals surface area contributed by atoms with Crippen LogP contribution in [0.3, 0.4) is 0 Å². The monoisotopic (exact) mass is 462 g/mol. The lowest BCUT2D eigenvalue weighted by molar-refractivity contribution is -0.274. The first-order valence-corrected chi connectivity index (χ1v) is 10.2. The number of halogens is 4. The van der Waals surface area contributed by atoms with E-state index in [1.807, 2.05) is 25.1 Å². The normalized spacial score (nSPS) is 11.7. The maximum Gasteiger partial charge on any atom is 0.573 e. The van der Waals surface area contributed by atoms with Crippen molar-refractivity contribution >= 4 is 34.3 Å². The molecular formula is C21H18ClF3N6O. The number of rotatable bonds is 7. The Morgan fingerprint density at radius 1 is 1.06 bits per heavy atom. The van der Waals surface area contributed by atoms with Gasteiger partial charge in [-0.05, 0) is 42.3 Å². The third-order valence-electron chi connectivity index (χ3n) is 4.51. The molecular weight excluding hydrogens is 445 g/mol. The van der Waals surface area contributed by atoms with Crippen molar-refractivity contribution in [3.8, 4) is 5.75 Å². The van der Waals surface area contributed by atoms with Gasteiger partial charge in [0, 0.05) is 17.1 Å². The number of ether oxygens (including phenoxy) is 1. The molecule has 0 saturated heterocycles. The van der Waals surface area contributed by atoms with Gasteiger partial charge in [0.15, 0.2) is 17.0 Å². The number of hydrogen-bond acceptors (Lipinski definition) is 6. The zero-order valence-electron chi connectivity index (χ0n) is 16.9. The van der Waals surface area contributed by atoms with Gasteiger partial charge in [-0.25, -0.2) is 14.6 Å². The first kappa shape index (κ1) is 21.8. The summed E-state index contributed by atoms with van der Waals surface area (Å²) in [5, 5.41) is 12.1. The molecule has 0 spiro atoms. The van der Waals surface area contributed by atoms with E-state index in [1.165, 1.54) is 24.3 Å². The Hall–Kier alpha value is -3.40. The first-order chi connectivity index (χ1) is 15.3. The maximum atomic E-state index is 12.4. The van der Waals surface area contributed by atoms with Crippen LogP contribution in [0.15, 0.2) is 48.5 Å². The zero-order valence-corrected chi connectivity index (χ0v) is 17.7. The fraction of sp³-hybridized carbons (Fsp3) is 0.238. The summed E-state index contributed by atoms with van der Waals surface area (Å²) in [7, 11) is 0. The maximum absolute atomic E-state index is 12.4. The van der Waals surface area contributed by atoms with Crippen LogP contribution in [0, 0.1) is 0 Å². The van der Waals surface area contributed by atoms with Gasteiger partial charge in [-0.15, -0.1) is 18.3 Å². The highest BCUT2D eigenvalue weighted by Crippen LogP contribution is 2.27. The standard InChI is InChI=1S/C21H18ClF3N6O/c1-2-5-17-27-19(26-14-8-10-15(11-9-14)32-21(23,24)25)18-20(28-17)31(30-29-18)12-13-6-3-4-7-16(13)22/h3-4,6-11H,2,5,12H2,1H3,(H,26,27,28). The second-order valence-corrected chi connectivity index (χ2v) is 7.35. The van der Waals surface area contributed by atoms with Gasteiger partial charge in [0.25, 0.3) is 0 Å². The highest BCUT2D eigenvalue weighted by Gasteiger charge is 2.31. The summed E-state index contributed by atoms with van der Waals surface area (Å²) in [6, 6.07) is 12.8. The number of aryl methyl sites for hydroxylation is 1. The van der Waals surface area contributed by atoms with Gasteiger partial charge in [0.05, 0.1) is 6.54 Å². The summed E-state index contributed by atoms with van der Waals surface area (Å²) in [4.78, 5) is 9.14. The molecule has 0 aliphatic carbocycles. The molecule has 0 saturated carbocycles. The predicted molar refractivity (Wildman–Crippen MR) is 114 cm³/mol. The summed E-state index contributed by atoms with van der Waals surface area (Å²) >= 11 is 6.28. The fourth-order valence-electron chi connectivity index (χ4n) is 3.09. The Labute approximate surface area is 186 Å². The van der Waals surface area contributed by atoms with Crippen molar-refractivity contribution < 1.29 is 17.9 Å². The van der Waals surface area contributed by atoms with Crippen LogP contribution in [-0.4, -0.2) is 31.3 Å². The molecule has 32 heavy (non-hydrogen) atoms. The molecule has 0 aliphatic heterocycles. The number of nitrogens with zero attached hydrogens (tertiary/aromatic N) is 5. The molecule has 0 radical (unpaired) electrons. The van der Waals surface area contributed by atoms with Crippen LogP contribution in [0.5, 0.6) is 5.75 Å². The van der Waals surface area contributed by atoms with Crippen molar-refractivity contribution in [3.05, 3.63) is 64.9 Å². The molecule has 0 bridgehead atoms. The molecule has 7 nitrogen and oxygen atoms in total. The molecule has 4 aromatic rings. The van der Waals surface area contributed by atoms with Gasteiger partial charge >= 0.3 is 6.36 Å². The molecule has 0 fully saturated rings. The molecule has 0 unspecified atom stereocenters. The van der Waals surface area contributed by atoms with Crippen LogP contribution in [0.25, 0.3) is 11.2 Å². The molecule has 2 heterocycles. The summed E-state index contributed by atoms with van der Waals surface area (Å²) in [5.74, 6) is 0.698. The van der Waals surface area contributed by atoms with Gasteiger partial charge in [-0.3, -0.25) is 0 Å². The van der Waals surface area contributed by atoms with Gasteiger partial charge in [-0.2, -0.15) is 0 Å². The SMILES string of the molecule is CCCc1nc(Nc2ccc(OC(F)(F)F)cc2)c2nnn(Cc3ccccc3Cl)c2n1. The van der Waals surface area contributed by atoms with E-state index >= 15 is 0 Å². The van der Waals surface area contributed by atoms with Crippen molar-refractivity contribution in [1.82, 2.24) is 25.0 Å². The van der Waals surface area contributed by atoms with E-state index in [0.717, 1.165) is 12.0 Å². The lowest BCUT2D eigenvalue weighted by Gasteiger charge is -2.11. The number of hydrogen-bond donors (Lipinski definition) is 1. The van der Waals surface area contributed by atoms with E-state index in [4.69, 9.17) is 11.6 Å². The van der Waals surface area contributed by atoms with Crippen LogP contribution in [0.1, 0.15) is 24.7 Å². The molecule has 0 amide bonds. The quantitative estimate of drug-likeness (QED) is 0.390. The van der Waals surface area contributed by atoms with Crippen molar-refractivity contribution in [1.29, 1.82) is 0 Å². The van der Waals surface area contributed by atoms with E-state index in [0.29, 0.717) is 46.5 Å². The van der Waals surface area contributed by atoms with Crippen molar-refractivity contribution in [2.24, 2.45) is 0 Å². The largest absolute Gasteiger partial charge is 0.573 e. The molecule has 1 N–H and O–H groups in total. The van der Waals surface area contributed by atoms with Crippen molar-refractivity contribution in [2.75, 3.05) is 5.32 Å². The minimum absolute atomic E-state index is 0.312. The Bertz CT molecular complexity index is 1230. The molecule has 11 heteroatoms. The number of anilines is 2. The van der Waals surface area contributed by atoms with Crippen molar-refractivity contribution in [3.63, 3.8) is 0 Å². The van der Waals surface area contributed by atoms with Crippen LogP contribution in [-0.2, 0) is 13.0 Å². The van der Waals surface area contributed by atoms with E-state index in [2.05, 4.69) is 30.3 Å². The first-order valence-electron chi connectivity index (χ1n) is 9.78. The van der Waals surface area contributed by atoms with Crippen molar-refractivity contribution in [2.45, 2.75) is 32.7 Å². The molecule has 2 aromatic carbocycles. The van der Waals surface area contributed by atoms with E-state index < -0.39 is 6.36 Å². The Morgan fingerprint density at radius 3 is 2.50 bits per heavy atom. The van der Waals surface area contributed by atoms with Gasteiger partial charge < -0.3 is 10.1 Å². The Morgan fingerprint density at radius 2 is 1.81 bits per heavy atom. The fourth-order valence-corrected chi connectivity index (χ4v) is 3.29. The lowest BCUT2D eigenvalue weighted by Crippen LogP contribution is -2.17. The number of benzene rings is 2. The predicted octanol–water partition coefficient (Wildman–Crippen LogP) is 5.52.